The van der Waals surface area contributed by atoms with Gasteiger partial charge in [0.15, 0.2) is 0 Å². The first-order valence-corrected chi connectivity index (χ1v) is 9.98. The lowest BCUT2D eigenvalue weighted by molar-refractivity contribution is -0.130. The largest absolute Gasteiger partial charge is 0.340 e. The van der Waals surface area contributed by atoms with Gasteiger partial charge in [-0.2, -0.15) is 0 Å². The van der Waals surface area contributed by atoms with Crippen molar-refractivity contribution >= 4 is 32.6 Å². The number of hydrazine groups is 1. The molecule has 4 rings (SSSR count). The van der Waals surface area contributed by atoms with Gasteiger partial charge in [-0.25, -0.2) is 4.98 Å². The van der Waals surface area contributed by atoms with Gasteiger partial charge in [-0.1, -0.05) is 23.5 Å². The van der Waals surface area contributed by atoms with Crippen LogP contribution >= 0.6 is 11.3 Å². The molecule has 0 atom stereocenters. The number of fused-ring (bicyclic) bond motifs is 1. The Kier molecular flexibility index (Phi) is 4.82. The molecule has 0 spiro atoms. The van der Waals surface area contributed by atoms with Gasteiger partial charge in [-0.05, 0) is 24.6 Å². The summed E-state index contributed by atoms with van der Waals surface area (Å²) in [5.41, 5.74) is 7.30. The van der Waals surface area contributed by atoms with Crippen molar-refractivity contribution in [1.82, 2.24) is 20.2 Å². The molecule has 2 aliphatic heterocycles. The average molecular weight is 372 g/mol. The lowest BCUT2D eigenvalue weighted by Crippen LogP contribution is -2.48. The third kappa shape index (κ3) is 3.54. The van der Waals surface area contributed by atoms with Crippen LogP contribution < -0.4 is 10.4 Å². The second kappa shape index (κ2) is 7.25. The molecule has 1 amide bonds. The van der Waals surface area contributed by atoms with E-state index in [-0.39, 0.29) is 5.91 Å². The van der Waals surface area contributed by atoms with Crippen LogP contribution in [0.2, 0.25) is 0 Å². The van der Waals surface area contributed by atoms with E-state index in [1.54, 1.807) is 18.3 Å². The van der Waals surface area contributed by atoms with E-state index in [2.05, 4.69) is 40.5 Å². The number of piperazine rings is 1. The summed E-state index contributed by atoms with van der Waals surface area (Å²) in [5, 5.41) is 3.18. The van der Waals surface area contributed by atoms with Gasteiger partial charge in [-0.15, -0.1) is 0 Å². The summed E-state index contributed by atoms with van der Waals surface area (Å²) in [4.78, 5) is 20.6. The molecular weight excluding hydrogens is 346 g/mol. The first-order chi connectivity index (χ1) is 12.6. The van der Waals surface area contributed by atoms with Gasteiger partial charge in [0, 0.05) is 51.8 Å². The third-order valence-corrected chi connectivity index (χ3v) is 6.25. The summed E-state index contributed by atoms with van der Waals surface area (Å²) in [5.74, 6) is 0.187. The second-order valence-corrected chi connectivity index (χ2v) is 8.03. The van der Waals surface area contributed by atoms with Crippen LogP contribution in [0.3, 0.4) is 0 Å². The Morgan fingerprint density at radius 3 is 2.73 bits per heavy atom. The fourth-order valence-electron chi connectivity index (χ4n) is 3.55. The number of hydrogen-bond acceptors (Lipinski definition) is 6. The Hall–Kier alpha value is -2.12. The molecule has 6 nitrogen and oxygen atoms in total. The summed E-state index contributed by atoms with van der Waals surface area (Å²) >= 11 is 1.73. The molecule has 2 aliphatic rings. The van der Waals surface area contributed by atoms with Crippen molar-refractivity contribution < 1.29 is 4.79 Å². The van der Waals surface area contributed by atoms with E-state index < -0.39 is 0 Å². The number of rotatable bonds is 4. The molecule has 0 aliphatic carbocycles. The maximum atomic E-state index is 11.4. The summed E-state index contributed by atoms with van der Waals surface area (Å²) in [6.45, 7) is 9.39. The maximum Gasteiger partial charge on any atom is 0.219 e. The number of anilines is 1. The summed E-state index contributed by atoms with van der Waals surface area (Å²) in [6, 6.07) is 8.27. The molecule has 1 aromatic heterocycles. The van der Waals surface area contributed by atoms with E-state index in [4.69, 9.17) is 4.98 Å². The molecule has 0 saturated carbocycles. The smallest absolute Gasteiger partial charge is 0.219 e. The SMILES string of the molecule is CC(=O)N1CCN(CCC2=C(C)CN(c3nc4ccccc4s3)N2)CC1. The molecule has 138 valence electrons. The van der Waals surface area contributed by atoms with Crippen molar-refractivity contribution in [2.75, 3.05) is 44.3 Å². The molecule has 1 N–H and O–H groups in total. The van der Waals surface area contributed by atoms with Gasteiger partial charge in [0.25, 0.3) is 0 Å². The number of benzene rings is 1. The molecule has 0 bridgehead atoms. The van der Waals surface area contributed by atoms with E-state index in [0.717, 1.165) is 56.3 Å². The van der Waals surface area contributed by atoms with Crippen LogP contribution in [-0.4, -0.2) is 60.0 Å². The van der Waals surface area contributed by atoms with E-state index in [1.165, 1.54) is 16.0 Å². The van der Waals surface area contributed by atoms with Crippen molar-refractivity contribution in [2.45, 2.75) is 20.3 Å². The van der Waals surface area contributed by atoms with Crippen molar-refractivity contribution in [2.24, 2.45) is 0 Å². The predicted octanol–water partition coefficient (Wildman–Crippen LogP) is 2.45. The highest BCUT2D eigenvalue weighted by Crippen LogP contribution is 2.30. The van der Waals surface area contributed by atoms with E-state index in [9.17, 15) is 4.79 Å². The molecule has 3 heterocycles. The number of aromatic nitrogens is 1. The summed E-state index contributed by atoms with van der Waals surface area (Å²) in [6.07, 6.45) is 1.01. The van der Waals surface area contributed by atoms with Crippen LogP contribution in [0.5, 0.6) is 0 Å². The number of carbonyl (C=O) groups excluding carboxylic acids is 1. The summed E-state index contributed by atoms with van der Waals surface area (Å²) in [7, 11) is 0. The van der Waals surface area contributed by atoms with Crippen molar-refractivity contribution in [3.05, 3.63) is 35.5 Å². The molecule has 0 radical (unpaired) electrons. The summed E-state index contributed by atoms with van der Waals surface area (Å²) < 4.78 is 1.22. The van der Waals surface area contributed by atoms with Gasteiger partial charge in [0.2, 0.25) is 11.0 Å². The normalized spacial score (nSPS) is 18.7. The predicted molar refractivity (Wildman–Crippen MR) is 106 cm³/mol. The number of nitrogens with one attached hydrogen (secondary N) is 1. The van der Waals surface area contributed by atoms with Crippen LogP contribution in [0.4, 0.5) is 5.13 Å². The average Bonchev–Trinajstić information content (AvgIpc) is 3.23. The first kappa shape index (κ1) is 17.3. The van der Waals surface area contributed by atoms with E-state index >= 15 is 0 Å². The highest BCUT2D eigenvalue weighted by Gasteiger charge is 2.23. The van der Waals surface area contributed by atoms with Crippen molar-refractivity contribution in [3.8, 4) is 0 Å². The molecule has 1 aromatic carbocycles. The van der Waals surface area contributed by atoms with Crippen molar-refractivity contribution in [1.29, 1.82) is 0 Å². The van der Waals surface area contributed by atoms with Crippen LogP contribution in [-0.2, 0) is 4.79 Å². The maximum absolute atomic E-state index is 11.4. The lowest BCUT2D eigenvalue weighted by Gasteiger charge is -2.34. The Labute approximate surface area is 158 Å². The zero-order valence-electron chi connectivity index (χ0n) is 15.4. The Balaban J connectivity index is 1.32. The standard InChI is InChI=1S/C19H25N5OS/c1-14-13-24(19-20-17-5-3-4-6-18(17)26-19)21-16(14)7-8-22-9-11-23(12-10-22)15(2)25/h3-6,21H,7-13H2,1-2H3. The second-order valence-electron chi connectivity index (χ2n) is 7.02. The fourth-order valence-corrected chi connectivity index (χ4v) is 4.47. The highest BCUT2D eigenvalue weighted by molar-refractivity contribution is 7.22. The monoisotopic (exact) mass is 371 g/mol. The minimum absolute atomic E-state index is 0.187. The van der Waals surface area contributed by atoms with Crippen LogP contribution in [0, 0.1) is 0 Å². The number of para-hydroxylation sites is 1. The minimum atomic E-state index is 0.187. The van der Waals surface area contributed by atoms with Gasteiger partial charge < -0.3 is 10.3 Å². The van der Waals surface area contributed by atoms with E-state index in [0.29, 0.717) is 0 Å². The van der Waals surface area contributed by atoms with Crippen LogP contribution in [0.25, 0.3) is 10.2 Å². The minimum Gasteiger partial charge on any atom is -0.340 e. The zero-order valence-corrected chi connectivity index (χ0v) is 16.2. The molecule has 26 heavy (non-hydrogen) atoms. The van der Waals surface area contributed by atoms with E-state index in [1.807, 2.05) is 11.0 Å². The molecule has 1 fully saturated rings. The molecule has 2 aromatic rings. The number of amides is 1. The quantitative estimate of drug-likeness (QED) is 0.895. The Bertz CT molecular complexity index is 804. The third-order valence-electron chi connectivity index (χ3n) is 5.19. The topological polar surface area (TPSA) is 51.7 Å². The molecular formula is C19H25N5OS. The van der Waals surface area contributed by atoms with Crippen LogP contribution in [0.15, 0.2) is 35.5 Å². The first-order valence-electron chi connectivity index (χ1n) is 9.16. The Morgan fingerprint density at radius 1 is 1.23 bits per heavy atom. The highest BCUT2D eigenvalue weighted by atomic mass is 32.1. The molecule has 0 unspecified atom stereocenters. The zero-order chi connectivity index (χ0) is 18.1. The molecule has 1 saturated heterocycles. The lowest BCUT2D eigenvalue weighted by atomic mass is 10.2. The Morgan fingerprint density at radius 2 is 2.00 bits per heavy atom. The number of nitrogens with zero attached hydrogens (tertiary/aromatic N) is 4. The van der Waals surface area contributed by atoms with Gasteiger partial charge in [0.1, 0.15) is 0 Å². The van der Waals surface area contributed by atoms with Gasteiger partial charge in [0.05, 0.1) is 16.8 Å². The van der Waals surface area contributed by atoms with Gasteiger partial charge in [-0.3, -0.25) is 14.7 Å². The number of hydrogen-bond donors (Lipinski definition) is 1. The molecule has 7 heteroatoms. The van der Waals surface area contributed by atoms with Gasteiger partial charge >= 0.3 is 0 Å². The number of carbonyl (C=O) groups is 1. The van der Waals surface area contributed by atoms with Crippen molar-refractivity contribution in [3.63, 3.8) is 0 Å². The van der Waals surface area contributed by atoms with Crippen LogP contribution in [0.1, 0.15) is 20.3 Å². The number of thiazole rings is 1. The fraction of sp³-hybridized carbons (Fsp3) is 0.474.